The van der Waals surface area contributed by atoms with Gasteiger partial charge in [-0.2, -0.15) is 5.10 Å². The van der Waals surface area contributed by atoms with Crippen LogP contribution in [0.25, 0.3) is 0 Å². The van der Waals surface area contributed by atoms with Crippen molar-refractivity contribution in [1.82, 2.24) is 15.1 Å². The van der Waals surface area contributed by atoms with Crippen LogP contribution in [0.15, 0.2) is 12.4 Å². The number of aromatic nitrogens is 2. The molecule has 1 heterocycles. The van der Waals surface area contributed by atoms with E-state index in [0.717, 1.165) is 19.1 Å². The second kappa shape index (κ2) is 4.79. The van der Waals surface area contributed by atoms with Crippen LogP contribution < -0.4 is 5.32 Å². The monoisotopic (exact) mass is 207 g/mol. The highest BCUT2D eigenvalue weighted by molar-refractivity contribution is 5.04. The van der Waals surface area contributed by atoms with E-state index >= 15 is 0 Å². The molecular weight excluding hydrogens is 186 g/mol. The maximum Gasteiger partial charge on any atom is 0.0534 e. The van der Waals surface area contributed by atoms with Gasteiger partial charge in [-0.1, -0.05) is 20.3 Å². The Morgan fingerprint density at radius 1 is 1.60 bits per heavy atom. The number of nitrogens with one attached hydrogen (secondary N) is 1. The minimum absolute atomic E-state index is 0.717. The molecule has 3 nitrogen and oxygen atoms in total. The van der Waals surface area contributed by atoms with E-state index in [9.17, 15) is 0 Å². The summed E-state index contributed by atoms with van der Waals surface area (Å²) in [6.07, 6.45) is 8.07. The lowest BCUT2D eigenvalue weighted by atomic mass is 10.1. The van der Waals surface area contributed by atoms with Crippen molar-refractivity contribution in [2.45, 2.75) is 52.2 Å². The molecule has 15 heavy (non-hydrogen) atoms. The number of hydrogen-bond donors (Lipinski definition) is 1. The van der Waals surface area contributed by atoms with E-state index < -0.39 is 0 Å². The summed E-state index contributed by atoms with van der Waals surface area (Å²) in [6, 6.07) is 0.780. The fourth-order valence-corrected chi connectivity index (χ4v) is 1.60. The first-order chi connectivity index (χ1) is 7.28. The van der Waals surface area contributed by atoms with Crippen LogP contribution in [0.1, 0.15) is 38.7 Å². The number of nitrogens with zero attached hydrogens (tertiary/aromatic N) is 2. The zero-order chi connectivity index (χ0) is 10.7. The third kappa shape index (κ3) is 3.34. The molecule has 0 radical (unpaired) electrons. The molecule has 2 rings (SSSR count). The Labute approximate surface area is 91.9 Å². The number of hydrogen-bond acceptors (Lipinski definition) is 2. The summed E-state index contributed by atoms with van der Waals surface area (Å²) in [7, 11) is 0. The molecule has 1 aliphatic carbocycles. The Kier molecular flexibility index (Phi) is 3.41. The molecule has 0 spiro atoms. The maximum absolute atomic E-state index is 4.38. The molecule has 1 aromatic rings. The van der Waals surface area contributed by atoms with Gasteiger partial charge in [0.05, 0.1) is 6.20 Å². The van der Waals surface area contributed by atoms with Crippen LogP contribution in [-0.2, 0) is 13.1 Å². The Bertz CT molecular complexity index is 302. The highest BCUT2D eigenvalue weighted by Gasteiger charge is 2.20. The SMILES string of the molecule is CCC(C)Cn1cc(CNC2CC2)cn1. The van der Waals surface area contributed by atoms with Crippen LogP contribution in [0, 0.1) is 5.92 Å². The molecule has 0 saturated heterocycles. The van der Waals surface area contributed by atoms with Crippen molar-refractivity contribution in [2.75, 3.05) is 0 Å². The second-order valence-electron chi connectivity index (χ2n) is 4.74. The first kappa shape index (κ1) is 10.7. The van der Waals surface area contributed by atoms with Gasteiger partial charge in [-0.25, -0.2) is 0 Å². The molecule has 0 aromatic carbocycles. The van der Waals surface area contributed by atoms with Gasteiger partial charge in [0.2, 0.25) is 0 Å². The molecule has 1 unspecified atom stereocenters. The van der Waals surface area contributed by atoms with Crippen LogP contribution in [-0.4, -0.2) is 15.8 Å². The van der Waals surface area contributed by atoms with Crippen molar-refractivity contribution in [1.29, 1.82) is 0 Å². The van der Waals surface area contributed by atoms with Gasteiger partial charge in [0.1, 0.15) is 0 Å². The summed E-state index contributed by atoms with van der Waals surface area (Å²) in [5.41, 5.74) is 1.31. The van der Waals surface area contributed by atoms with Crippen molar-refractivity contribution >= 4 is 0 Å². The predicted octanol–water partition coefficient (Wildman–Crippen LogP) is 2.18. The van der Waals surface area contributed by atoms with E-state index in [2.05, 4.69) is 35.1 Å². The van der Waals surface area contributed by atoms with Crippen LogP contribution in [0.2, 0.25) is 0 Å². The summed E-state index contributed by atoms with van der Waals surface area (Å²) in [5.74, 6) is 0.717. The average Bonchev–Trinajstić information content (AvgIpc) is 2.97. The Morgan fingerprint density at radius 3 is 3.07 bits per heavy atom. The molecule has 1 N–H and O–H groups in total. The highest BCUT2D eigenvalue weighted by Crippen LogP contribution is 2.19. The first-order valence-corrected chi connectivity index (χ1v) is 6.02. The summed E-state index contributed by atoms with van der Waals surface area (Å²) in [6.45, 7) is 6.51. The molecule has 0 amide bonds. The van der Waals surface area contributed by atoms with Crippen molar-refractivity contribution in [2.24, 2.45) is 5.92 Å². The van der Waals surface area contributed by atoms with E-state index in [4.69, 9.17) is 0 Å². The number of rotatable bonds is 6. The molecule has 1 atom stereocenters. The van der Waals surface area contributed by atoms with Crippen LogP contribution in [0.4, 0.5) is 0 Å². The normalized spacial score (nSPS) is 18.0. The van der Waals surface area contributed by atoms with E-state index in [-0.39, 0.29) is 0 Å². The zero-order valence-corrected chi connectivity index (χ0v) is 9.74. The first-order valence-electron chi connectivity index (χ1n) is 6.02. The lowest BCUT2D eigenvalue weighted by Gasteiger charge is -2.07. The van der Waals surface area contributed by atoms with Crippen molar-refractivity contribution in [3.8, 4) is 0 Å². The minimum atomic E-state index is 0.717. The second-order valence-corrected chi connectivity index (χ2v) is 4.74. The molecule has 1 aromatic heterocycles. The molecule has 3 heteroatoms. The molecule has 84 valence electrons. The van der Waals surface area contributed by atoms with Crippen LogP contribution >= 0.6 is 0 Å². The van der Waals surface area contributed by atoms with Crippen molar-refractivity contribution in [3.05, 3.63) is 18.0 Å². The lowest BCUT2D eigenvalue weighted by Crippen LogP contribution is -2.14. The van der Waals surface area contributed by atoms with Gasteiger partial charge in [0.15, 0.2) is 0 Å². The van der Waals surface area contributed by atoms with Gasteiger partial charge >= 0.3 is 0 Å². The Balaban J connectivity index is 1.79. The molecule has 0 bridgehead atoms. The third-order valence-electron chi connectivity index (χ3n) is 3.05. The fraction of sp³-hybridized carbons (Fsp3) is 0.750. The van der Waals surface area contributed by atoms with E-state index in [1.54, 1.807) is 0 Å². The molecular formula is C12H21N3. The summed E-state index contributed by atoms with van der Waals surface area (Å²) >= 11 is 0. The van der Waals surface area contributed by atoms with Gasteiger partial charge in [-0.3, -0.25) is 4.68 Å². The third-order valence-corrected chi connectivity index (χ3v) is 3.05. The largest absolute Gasteiger partial charge is 0.310 e. The van der Waals surface area contributed by atoms with E-state index in [1.165, 1.54) is 24.8 Å². The quantitative estimate of drug-likeness (QED) is 0.775. The fourth-order valence-electron chi connectivity index (χ4n) is 1.60. The molecule has 1 saturated carbocycles. The standard InChI is InChI=1S/C12H21N3/c1-3-10(2)8-15-9-11(7-14-15)6-13-12-4-5-12/h7,9-10,12-13H,3-6,8H2,1-2H3. The highest BCUT2D eigenvalue weighted by atomic mass is 15.3. The average molecular weight is 207 g/mol. The van der Waals surface area contributed by atoms with Gasteiger partial charge in [-0.15, -0.1) is 0 Å². The van der Waals surface area contributed by atoms with Crippen LogP contribution in [0.5, 0.6) is 0 Å². The van der Waals surface area contributed by atoms with Gasteiger partial charge in [0.25, 0.3) is 0 Å². The van der Waals surface area contributed by atoms with Gasteiger partial charge in [0, 0.05) is 30.9 Å². The van der Waals surface area contributed by atoms with Gasteiger partial charge in [-0.05, 0) is 18.8 Å². The van der Waals surface area contributed by atoms with Crippen LogP contribution in [0.3, 0.4) is 0 Å². The van der Waals surface area contributed by atoms with Crippen molar-refractivity contribution < 1.29 is 0 Å². The summed E-state index contributed by atoms with van der Waals surface area (Å²) in [5, 5.41) is 7.88. The summed E-state index contributed by atoms with van der Waals surface area (Å²) in [4.78, 5) is 0. The van der Waals surface area contributed by atoms with Gasteiger partial charge < -0.3 is 5.32 Å². The molecule has 1 aliphatic rings. The smallest absolute Gasteiger partial charge is 0.0534 e. The molecule has 0 aliphatic heterocycles. The predicted molar refractivity (Wildman–Crippen MR) is 61.5 cm³/mol. The summed E-state index contributed by atoms with van der Waals surface area (Å²) < 4.78 is 2.07. The maximum atomic E-state index is 4.38. The minimum Gasteiger partial charge on any atom is -0.310 e. The topological polar surface area (TPSA) is 29.9 Å². The van der Waals surface area contributed by atoms with Crippen molar-refractivity contribution in [3.63, 3.8) is 0 Å². The lowest BCUT2D eigenvalue weighted by molar-refractivity contribution is 0.438. The molecule has 1 fully saturated rings. The zero-order valence-electron chi connectivity index (χ0n) is 9.74. The van der Waals surface area contributed by atoms with E-state index in [1.807, 2.05) is 6.20 Å². The Morgan fingerprint density at radius 2 is 2.40 bits per heavy atom. The Hall–Kier alpha value is -0.830. The van der Waals surface area contributed by atoms with E-state index in [0.29, 0.717) is 5.92 Å².